The zero-order valence-corrected chi connectivity index (χ0v) is 13.4. The van der Waals surface area contributed by atoms with E-state index in [1.807, 2.05) is 0 Å². The summed E-state index contributed by atoms with van der Waals surface area (Å²) in [6.45, 7) is 7.89. The Balaban J connectivity index is 1.73. The van der Waals surface area contributed by atoms with Crippen LogP contribution in [0.1, 0.15) is 85.0 Å². The second-order valence-electron chi connectivity index (χ2n) is 7.39. The second-order valence-corrected chi connectivity index (χ2v) is 7.39. The third kappa shape index (κ3) is 4.21. The standard InChI is InChI=1S/C18H34O/c1-4-12-18(3)13-10-16(11-14-18)15-6-8-17(9-7-15)19-5-2/h15-17H,4-14H2,1-3H3. The quantitative estimate of drug-likeness (QED) is 0.631. The van der Waals surface area contributed by atoms with Crippen LogP contribution >= 0.6 is 0 Å². The van der Waals surface area contributed by atoms with Crippen LogP contribution < -0.4 is 0 Å². The Morgan fingerprint density at radius 3 is 2.00 bits per heavy atom. The van der Waals surface area contributed by atoms with Gasteiger partial charge in [-0.3, -0.25) is 0 Å². The van der Waals surface area contributed by atoms with Gasteiger partial charge in [0.1, 0.15) is 0 Å². The van der Waals surface area contributed by atoms with Gasteiger partial charge in [-0.05, 0) is 82.0 Å². The minimum Gasteiger partial charge on any atom is -0.379 e. The van der Waals surface area contributed by atoms with Crippen molar-refractivity contribution in [1.82, 2.24) is 0 Å². The molecule has 2 rings (SSSR count). The molecule has 0 bridgehead atoms. The molecule has 0 aromatic heterocycles. The van der Waals surface area contributed by atoms with Crippen LogP contribution in [-0.2, 0) is 4.74 Å². The van der Waals surface area contributed by atoms with E-state index in [4.69, 9.17) is 4.74 Å². The fraction of sp³-hybridized carbons (Fsp3) is 1.00. The molecule has 0 unspecified atom stereocenters. The van der Waals surface area contributed by atoms with E-state index < -0.39 is 0 Å². The van der Waals surface area contributed by atoms with Gasteiger partial charge in [-0.15, -0.1) is 0 Å². The first kappa shape index (κ1) is 15.4. The van der Waals surface area contributed by atoms with Gasteiger partial charge in [-0.2, -0.15) is 0 Å². The highest BCUT2D eigenvalue weighted by atomic mass is 16.5. The number of rotatable bonds is 5. The lowest BCUT2D eigenvalue weighted by molar-refractivity contribution is 0.00970. The molecule has 0 aliphatic heterocycles. The smallest absolute Gasteiger partial charge is 0.0575 e. The highest BCUT2D eigenvalue weighted by molar-refractivity contribution is 4.86. The molecule has 0 atom stereocenters. The summed E-state index contributed by atoms with van der Waals surface area (Å²) in [7, 11) is 0. The Bertz CT molecular complexity index is 244. The molecule has 0 radical (unpaired) electrons. The average Bonchev–Trinajstić information content (AvgIpc) is 2.41. The summed E-state index contributed by atoms with van der Waals surface area (Å²) in [4.78, 5) is 0. The lowest BCUT2D eigenvalue weighted by Crippen LogP contribution is -2.31. The Morgan fingerprint density at radius 2 is 1.47 bits per heavy atom. The Morgan fingerprint density at radius 1 is 0.895 bits per heavy atom. The minimum absolute atomic E-state index is 0.579. The van der Waals surface area contributed by atoms with Crippen molar-refractivity contribution >= 4 is 0 Å². The van der Waals surface area contributed by atoms with Crippen LogP contribution in [0.5, 0.6) is 0 Å². The van der Waals surface area contributed by atoms with E-state index in [-0.39, 0.29) is 0 Å². The van der Waals surface area contributed by atoms with Gasteiger partial charge in [0, 0.05) is 6.61 Å². The summed E-state index contributed by atoms with van der Waals surface area (Å²) in [6, 6.07) is 0. The van der Waals surface area contributed by atoms with E-state index in [1.54, 1.807) is 0 Å². The lowest BCUT2D eigenvalue weighted by Gasteiger charge is -2.42. The third-order valence-electron chi connectivity index (χ3n) is 5.88. The lowest BCUT2D eigenvalue weighted by atomic mass is 9.64. The maximum Gasteiger partial charge on any atom is 0.0575 e. The van der Waals surface area contributed by atoms with Gasteiger partial charge in [0.25, 0.3) is 0 Å². The van der Waals surface area contributed by atoms with Crippen molar-refractivity contribution in [2.24, 2.45) is 17.3 Å². The van der Waals surface area contributed by atoms with Gasteiger partial charge in [0.2, 0.25) is 0 Å². The molecule has 112 valence electrons. The zero-order chi connectivity index (χ0) is 13.7. The highest BCUT2D eigenvalue weighted by Crippen LogP contribution is 2.46. The van der Waals surface area contributed by atoms with E-state index in [0.29, 0.717) is 11.5 Å². The summed E-state index contributed by atoms with van der Waals surface area (Å²) in [6.07, 6.45) is 14.9. The van der Waals surface area contributed by atoms with Crippen molar-refractivity contribution in [3.05, 3.63) is 0 Å². The molecule has 0 saturated heterocycles. The molecule has 0 aromatic carbocycles. The first-order valence-corrected chi connectivity index (χ1v) is 8.78. The predicted molar refractivity (Wildman–Crippen MR) is 82.3 cm³/mol. The zero-order valence-electron chi connectivity index (χ0n) is 13.4. The van der Waals surface area contributed by atoms with Crippen molar-refractivity contribution in [3.63, 3.8) is 0 Å². The van der Waals surface area contributed by atoms with E-state index >= 15 is 0 Å². The number of ether oxygens (including phenoxy) is 1. The molecule has 0 spiro atoms. The normalized spacial score (nSPS) is 40.3. The fourth-order valence-corrected chi connectivity index (χ4v) is 4.62. The molecular weight excluding hydrogens is 232 g/mol. The van der Waals surface area contributed by atoms with Crippen LogP contribution in [0.4, 0.5) is 0 Å². The summed E-state index contributed by atoms with van der Waals surface area (Å²) < 4.78 is 5.78. The van der Waals surface area contributed by atoms with Gasteiger partial charge >= 0.3 is 0 Å². The van der Waals surface area contributed by atoms with E-state index in [9.17, 15) is 0 Å². The van der Waals surface area contributed by atoms with Crippen molar-refractivity contribution < 1.29 is 4.74 Å². The molecule has 0 aromatic rings. The molecule has 2 aliphatic rings. The summed E-state index contributed by atoms with van der Waals surface area (Å²) >= 11 is 0. The summed E-state index contributed by atoms with van der Waals surface area (Å²) in [5.74, 6) is 2.05. The second kappa shape index (κ2) is 7.11. The van der Waals surface area contributed by atoms with Gasteiger partial charge in [0.15, 0.2) is 0 Å². The maximum absolute atomic E-state index is 5.78. The van der Waals surface area contributed by atoms with Crippen LogP contribution in [0, 0.1) is 17.3 Å². The number of hydrogen-bond donors (Lipinski definition) is 0. The summed E-state index contributed by atoms with van der Waals surface area (Å²) in [5.41, 5.74) is 0.674. The highest BCUT2D eigenvalue weighted by Gasteiger charge is 2.35. The first-order valence-electron chi connectivity index (χ1n) is 8.78. The van der Waals surface area contributed by atoms with Crippen LogP contribution in [0.3, 0.4) is 0 Å². The molecule has 2 saturated carbocycles. The Hall–Kier alpha value is -0.0400. The summed E-state index contributed by atoms with van der Waals surface area (Å²) in [5, 5.41) is 0. The monoisotopic (exact) mass is 266 g/mol. The van der Waals surface area contributed by atoms with Crippen molar-refractivity contribution in [3.8, 4) is 0 Å². The fourth-order valence-electron chi connectivity index (χ4n) is 4.62. The van der Waals surface area contributed by atoms with Gasteiger partial charge < -0.3 is 4.74 Å². The molecule has 2 aliphatic carbocycles. The minimum atomic E-state index is 0.579. The predicted octanol–water partition coefficient (Wildman–Crippen LogP) is 5.58. The van der Waals surface area contributed by atoms with E-state index in [0.717, 1.165) is 18.4 Å². The van der Waals surface area contributed by atoms with Crippen LogP contribution in [-0.4, -0.2) is 12.7 Å². The van der Waals surface area contributed by atoms with Crippen molar-refractivity contribution in [1.29, 1.82) is 0 Å². The first-order chi connectivity index (χ1) is 9.17. The van der Waals surface area contributed by atoms with E-state index in [1.165, 1.54) is 64.2 Å². The average molecular weight is 266 g/mol. The largest absolute Gasteiger partial charge is 0.379 e. The van der Waals surface area contributed by atoms with Crippen LogP contribution in [0.15, 0.2) is 0 Å². The van der Waals surface area contributed by atoms with Gasteiger partial charge in [0.05, 0.1) is 6.10 Å². The van der Waals surface area contributed by atoms with Crippen molar-refractivity contribution in [2.75, 3.05) is 6.61 Å². The Labute approximate surface area is 120 Å². The Kier molecular flexibility index (Phi) is 5.74. The molecule has 0 amide bonds. The number of hydrogen-bond acceptors (Lipinski definition) is 1. The van der Waals surface area contributed by atoms with E-state index in [2.05, 4.69) is 20.8 Å². The molecule has 19 heavy (non-hydrogen) atoms. The molecule has 1 heteroatoms. The molecule has 0 heterocycles. The molecule has 1 nitrogen and oxygen atoms in total. The van der Waals surface area contributed by atoms with Crippen LogP contribution in [0.2, 0.25) is 0 Å². The molecule has 0 N–H and O–H groups in total. The van der Waals surface area contributed by atoms with Crippen molar-refractivity contribution in [2.45, 2.75) is 91.1 Å². The van der Waals surface area contributed by atoms with Gasteiger partial charge in [-0.25, -0.2) is 0 Å². The molecule has 2 fully saturated rings. The van der Waals surface area contributed by atoms with Gasteiger partial charge in [-0.1, -0.05) is 20.3 Å². The van der Waals surface area contributed by atoms with Crippen LogP contribution in [0.25, 0.3) is 0 Å². The topological polar surface area (TPSA) is 9.23 Å². The maximum atomic E-state index is 5.78. The molecular formula is C18H34O. The third-order valence-corrected chi connectivity index (χ3v) is 5.88. The SMILES string of the molecule is CCCC1(C)CCC(C2CCC(OCC)CC2)CC1.